The predicted octanol–water partition coefficient (Wildman–Crippen LogP) is 10.8. The van der Waals surface area contributed by atoms with Crippen molar-refractivity contribution in [1.82, 2.24) is 9.97 Å². The average molecular weight is 531 g/mol. The Morgan fingerprint density at radius 3 is 1.50 bits per heavy atom. The van der Waals surface area contributed by atoms with Gasteiger partial charge in [-0.1, -0.05) is 72.8 Å². The van der Waals surface area contributed by atoms with Gasteiger partial charge in [0.15, 0.2) is 0 Å². The van der Waals surface area contributed by atoms with Gasteiger partial charge in [0.2, 0.25) is 0 Å². The summed E-state index contributed by atoms with van der Waals surface area (Å²) in [6.45, 7) is 0. The number of pyridine rings is 2. The van der Waals surface area contributed by atoms with Gasteiger partial charge in [0.05, 0.1) is 0 Å². The highest BCUT2D eigenvalue weighted by atomic mass is 14.6. The number of hydrogen-bond donors (Lipinski definition) is 0. The minimum Gasteiger partial charge on any atom is -0.264 e. The second-order valence-electron chi connectivity index (χ2n) is 11.4. The van der Waals surface area contributed by atoms with Gasteiger partial charge in [0.25, 0.3) is 0 Å². The van der Waals surface area contributed by atoms with Crippen LogP contribution in [-0.2, 0) is 0 Å². The highest BCUT2D eigenvalue weighted by Crippen LogP contribution is 2.50. The second kappa shape index (κ2) is 7.99. The zero-order valence-corrected chi connectivity index (χ0v) is 22.6. The van der Waals surface area contributed by atoms with Crippen LogP contribution in [0.15, 0.2) is 134 Å². The first-order valence-electron chi connectivity index (χ1n) is 14.4. The summed E-state index contributed by atoms with van der Waals surface area (Å²) in [7, 11) is 0. The fourth-order valence-electron chi connectivity index (χ4n) is 7.55. The van der Waals surface area contributed by atoms with E-state index in [-0.39, 0.29) is 0 Å². The van der Waals surface area contributed by atoms with Crippen molar-refractivity contribution in [1.29, 1.82) is 0 Å². The molecule has 0 bridgehead atoms. The van der Waals surface area contributed by atoms with Crippen LogP contribution in [0.4, 0.5) is 0 Å². The maximum absolute atomic E-state index is 4.45. The summed E-state index contributed by atoms with van der Waals surface area (Å²) in [5, 5.41) is 18.4. The number of benzene rings is 6. The van der Waals surface area contributed by atoms with Gasteiger partial charge in [-0.15, -0.1) is 0 Å². The molecule has 0 aliphatic rings. The van der Waals surface area contributed by atoms with E-state index in [1.54, 1.807) is 0 Å². The zero-order chi connectivity index (χ0) is 27.4. The Morgan fingerprint density at radius 2 is 0.833 bits per heavy atom. The van der Waals surface area contributed by atoms with Crippen molar-refractivity contribution in [3.05, 3.63) is 134 Å². The van der Waals surface area contributed by atoms with Crippen LogP contribution in [0.5, 0.6) is 0 Å². The number of rotatable bonds is 2. The van der Waals surface area contributed by atoms with E-state index in [1.165, 1.54) is 86.5 Å². The van der Waals surface area contributed by atoms with Crippen molar-refractivity contribution in [2.45, 2.75) is 0 Å². The molecule has 0 aliphatic heterocycles. The summed E-state index contributed by atoms with van der Waals surface area (Å²) in [5.41, 5.74) is 4.72. The molecular weight excluding hydrogens is 508 g/mol. The molecule has 42 heavy (non-hydrogen) atoms. The topological polar surface area (TPSA) is 25.8 Å². The van der Waals surface area contributed by atoms with E-state index in [1.807, 2.05) is 36.9 Å². The van der Waals surface area contributed by atoms with Gasteiger partial charge < -0.3 is 0 Å². The van der Waals surface area contributed by atoms with Gasteiger partial charge in [0, 0.05) is 35.9 Å². The minimum absolute atomic E-state index is 1.14. The Morgan fingerprint density at radius 1 is 0.310 bits per heavy atom. The average Bonchev–Trinajstić information content (AvgIpc) is 3.57. The molecule has 10 aromatic rings. The molecule has 0 saturated carbocycles. The molecule has 0 aliphatic carbocycles. The molecule has 10 rings (SSSR count). The van der Waals surface area contributed by atoms with Crippen LogP contribution >= 0.6 is 0 Å². The molecule has 0 amide bonds. The third-order valence-electron chi connectivity index (χ3n) is 9.29. The molecule has 2 aromatic heterocycles. The summed E-state index contributed by atoms with van der Waals surface area (Å²) in [6.07, 6.45) is 7.63. The lowest BCUT2D eigenvalue weighted by Gasteiger charge is -2.13. The molecule has 0 atom stereocenters. The Bertz CT molecular complexity index is 2660. The van der Waals surface area contributed by atoms with Crippen molar-refractivity contribution < 1.29 is 0 Å². The monoisotopic (exact) mass is 530 g/mol. The van der Waals surface area contributed by atoms with Crippen molar-refractivity contribution in [2.75, 3.05) is 0 Å². The van der Waals surface area contributed by atoms with Crippen molar-refractivity contribution in [2.24, 2.45) is 0 Å². The first-order chi connectivity index (χ1) is 20.8. The summed E-state index contributed by atoms with van der Waals surface area (Å²) < 4.78 is 0. The Labute approximate surface area is 241 Å². The molecule has 8 aromatic carbocycles. The predicted molar refractivity (Wildman–Crippen MR) is 178 cm³/mol. The number of nitrogens with zero attached hydrogens (tertiary/aromatic N) is 2. The maximum Gasteiger partial charge on any atom is 0.0346 e. The molecule has 2 nitrogen and oxygen atoms in total. The lowest BCUT2D eigenvalue weighted by atomic mass is 9.90. The second-order valence-corrected chi connectivity index (χ2v) is 11.4. The molecule has 0 N–H and O–H groups in total. The molecule has 192 valence electrons. The lowest BCUT2D eigenvalue weighted by Crippen LogP contribution is -1.86. The SMILES string of the molecule is c1cncc(-c2cc3c4ccccc4c4cc5c(cc6c7ccccc7c7c(-c8cccnc8)ccc5c67)c(c2)c34)c1. The van der Waals surface area contributed by atoms with E-state index in [0.29, 0.717) is 0 Å². The fourth-order valence-corrected chi connectivity index (χ4v) is 7.55. The van der Waals surface area contributed by atoms with Crippen molar-refractivity contribution in [3.63, 3.8) is 0 Å². The van der Waals surface area contributed by atoms with E-state index in [0.717, 1.165) is 11.1 Å². The first-order valence-corrected chi connectivity index (χ1v) is 14.4. The summed E-state index contributed by atoms with van der Waals surface area (Å²) in [4.78, 5) is 8.90. The van der Waals surface area contributed by atoms with Gasteiger partial charge >= 0.3 is 0 Å². The first kappa shape index (κ1) is 22.1. The number of hydrogen-bond acceptors (Lipinski definition) is 2. The third kappa shape index (κ3) is 2.78. The maximum atomic E-state index is 4.45. The van der Waals surface area contributed by atoms with Crippen LogP contribution in [0.25, 0.3) is 97.7 Å². The van der Waals surface area contributed by atoms with Gasteiger partial charge in [-0.2, -0.15) is 0 Å². The van der Waals surface area contributed by atoms with E-state index in [9.17, 15) is 0 Å². The van der Waals surface area contributed by atoms with E-state index in [4.69, 9.17) is 0 Å². The normalized spacial score (nSPS) is 12.3. The Kier molecular flexibility index (Phi) is 4.21. The third-order valence-corrected chi connectivity index (χ3v) is 9.29. The quantitative estimate of drug-likeness (QED) is 0.208. The zero-order valence-electron chi connectivity index (χ0n) is 22.6. The van der Waals surface area contributed by atoms with E-state index in [2.05, 4.69) is 107 Å². The van der Waals surface area contributed by atoms with Gasteiger partial charge in [-0.25, -0.2) is 0 Å². The minimum atomic E-state index is 1.14. The van der Waals surface area contributed by atoms with Gasteiger partial charge in [-0.05, 0) is 123 Å². The van der Waals surface area contributed by atoms with E-state index >= 15 is 0 Å². The number of fused-ring (bicyclic) bond motifs is 9. The van der Waals surface area contributed by atoms with Crippen LogP contribution < -0.4 is 0 Å². The van der Waals surface area contributed by atoms with Crippen LogP contribution in [0, 0.1) is 0 Å². The summed E-state index contributed by atoms with van der Waals surface area (Å²) >= 11 is 0. The molecule has 0 fully saturated rings. The largest absolute Gasteiger partial charge is 0.264 e. The van der Waals surface area contributed by atoms with Crippen LogP contribution in [0.1, 0.15) is 0 Å². The van der Waals surface area contributed by atoms with Crippen LogP contribution in [0.2, 0.25) is 0 Å². The Balaban J connectivity index is 1.46. The molecule has 2 heterocycles. The van der Waals surface area contributed by atoms with Crippen LogP contribution in [-0.4, -0.2) is 9.97 Å². The van der Waals surface area contributed by atoms with Crippen molar-refractivity contribution >= 4 is 75.4 Å². The standard InChI is InChI=1S/C40H22N2/c1-2-10-28-27(9-1)34-17-25(23-7-5-15-41-21-23)18-35-33-20-37-29-11-3-4-12-30(29)39-26(24-8-6-16-42-22-24)13-14-31(40(37)39)32(33)19-36(28)38(34)35/h1-22H. The molecule has 2 heteroatoms. The highest BCUT2D eigenvalue weighted by molar-refractivity contribution is 6.42. The molecular formula is C40H22N2. The van der Waals surface area contributed by atoms with Gasteiger partial charge in [-0.3, -0.25) is 9.97 Å². The summed E-state index contributed by atoms with van der Waals surface area (Å²) in [6, 6.07) is 40.4. The van der Waals surface area contributed by atoms with Crippen molar-refractivity contribution in [3.8, 4) is 22.3 Å². The lowest BCUT2D eigenvalue weighted by molar-refractivity contribution is 1.33. The fraction of sp³-hybridized carbons (Fsp3) is 0. The smallest absolute Gasteiger partial charge is 0.0346 e. The van der Waals surface area contributed by atoms with Gasteiger partial charge in [0.1, 0.15) is 0 Å². The molecule has 0 saturated heterocycles. The highest BCUT2D eigenvalue weighted by Gasteiger charge is 2.21. The molecule has 0 unspecified atom stereocenters. The molecule has 0 radical (unpaired) electrons. The van der Waals surface area contributed by atoms with E-state index < -0.39 is 0 Å². The summed E-state index contributed by atoms with van der Waals surface area (Å²) in [5.74, 6) is 0. The number of aromatic nitrogens is 2. The Hall–Kier alpha value is -5.60. The molecule has 0 spiro atoms. The van der Waals surface area contributed by atoms with Crippen LogP contribution in [0.3, 0.4) is 0 Å².